The van der Waals surface area contributed by atoms with Gasteiger partial charge < -0.3 is 19.4 Å². The number of ether oxygens (including phenoxy) is 2. The van der Waals surface area contributed by atoms with E-state index in [2.05, 4.69) is 0 Å². The first-order chi connectivity index (χ1) is 17.8. The zero-order valence-electron chi connectivity index (χ0n) is 22.9. The van der Waals surface area contributed by atoms with E-state index < -0.39 is 76.2 Å². The van der Waals surface area contributed by atoms with Crippen molar-refractivity contribution in [2.45, 2.75) is 96.9 Å². The quantitative estimate of drug-likeness (QED) is 0.299. The monoisotopic (exact) mass is 534 g/mol. The number of allylic oxidation sites excluding steroid dienone is 1. The van der Waals surface area contributed by atoms with Gasteiger partial charge in [-0.05, 0) is 44.1 Å². The highest BCUT2D eigenvalue weighted by Gasteiger charge is 2.77. The van der Waals surface area contributed by atoms with Crippen LogP contribution < -0.4 is 0 Å². The Balaban J connectivity index is 1.81. The second-order valence-electron chi connectivity index (χ2n) is 12.1. The Hall–Kier alpha value is -2.42. The van der Waals surface area contributed by atoms with Crippen molar-refractivity contribution in [1.29, 1.82) is 0 Å². The summed E-state index contributed by atoms with van der Waals surface area (Å²) in [4.78, 5) is 62.5. The standard InChI is InChI=1S/C29H39FO8/c1-6-24(35)37-15-23(34)29(38-25(36)7-2)16(3)10-20-19-9-8-18-11-21(32)17(14-31)12-26(18,4)28(19,30)22(33)13-27(20,29)5/h11,14,16-17,19-20,22,33H,6-10,12-13,15H2,1-5H3/t16-,17?,19-,20-,22-,26-,27-,28-,29+/m0/s1. The molecule has 4 aliphatic carbocycles. The number of Topliss-reactive ketones (excluding diaryl/α,β-unsaturated/α-hetero) is 1. The van der Waals surface area contributed by atoms with Crippen LogP contribution in [0.3, 0.4) is 0 Å². The zero-order valence-corrected chi connectivity index (χ0v) is 22.9. The third-order valence-corrected chi connectivity index (χ3v) is 10.5. The first-order valence-electron chi connectivity index (χ1n) is 13.7. The molecule has 8 nitrogen and oxygen atoms in total. The number of halogens is 1. The van der Waals surface area contributed by atoms with Crippen molar-refractivity contribution in [3.05, 3.63) is 11.6 Å². The Labute approximate surface area is 222 Å². The van der Waals surface area contributed by atoms with Crippen LogP contribution in [0.1, 0.15) is 79.6 Å². The van der Waals surface area contributed by atoms with Gasteiger partial charge in [0.1, 0.15) is 12.0 Å². The van der Waals surface area contributed by atoms with E-state index in [0.717, 1.165) is 0 Å². The van der Waals surface area contributed by atoms with Gasteiger partial charge in [0.25, 0.3) is 0 Å². The van der Waals surface area contributed by atoms with Gasteiger partial charge in [-0.25, -0.2) is 4.39 Å². The lowest BCUT2D eigenvalue weighted by molar-refractivity contribution is -0.236. The van der Waals surface area contributed by atoms with Crippen LogP contribution in [-0.2, 0) is 33.4 Å². The highest BCUT2D eigenvalue weighted by Crippen LogP contribution is 2.72. The normalized spacial score (nSPS) is 43.7. The summed E-state index contributed by atoms with van der Waals surface area (Å²) in [7, 11) is 0. The van der Waals surface area contributed by atoms with Gasteiger partial charge in [0.05, 0.1) is 12.0 Å². The smallest absolute Gasteiger partial charge is 0.306 e. The molecule has 4 rings (SSSR count). The second-order valence-corrected chi connectivity index (χ2v) is 12.1. The molecule has 1 unspecified atom stereocenters. The van der Waals surface area contributed by atoms with Gasteiger partial charge in [0.2, 0.25) is 5.78 Å². The largest absolute Gasteiger partial charge is 0.457 e. The maximum Gasteiger partial charge on any atom is 0.306 e. The summed E-state index contributed by atoms with van der Waals surface area (Å²) in [5.41, 5.74) is -5.60. The predicted octanol–water partition coefficient (Wildman–Crippen LogP) is 3.47. The molecule has 0 aromatic heterocycles. The van der Waals surface area contributed by atoms with Crippen LogP contribution in [0.4, 0.5) is 4.39 Å². The number of aliphatic hydroxyl groups excluding tert-OH is 1. The number of hydrogen-bond acceptors (Lipinski definition) is 8. The van der Waals surface area contributed by atoms with Crippen LogP contribution in [0.25, 0.3) is 0 Å². The Morgan fingerprint density at radius 2 is 1.79 bits per heavy atom. The van der Waals surface area contributed by atoms with Gasteiger partial charge in [0.15, 0.2) is 18.0 Å². The van der Waals surface area contributed by atoms with E-state index in [1.54, 1.807) is 34.6 Å². The van der Waals surface area contributed by atoms with Crippen LogP contribution in [0.15, 0.2) is 11.6 Å². The lowest BCUT2D eigenvalue weighted by Crippen LogP contribution is -2.70. The molecule has 0 spiro atoms. The number of alkyl halides is 1. The van der Waals surface area contributed by atoms with E-state index in [0.29, 0.717) is 31.1 Å². The Kier molecular flexibility index (Phi) is 7.26. The molecule has 9 heteroatoms. The number of rotatable bonds is 7. The minimum Gasteiger partial charge on any atom is -0.457 e. The van der Waals surface area contributed by atoms with E-state index in [4.69, 9.17) is 9.47 Å². The third kappa shape index (κ3) is 3.67. The van der Waals surface area contributed by atoms with Crippen molar-refractivity contribution in [1.82, 2.24) is 0 Å². The number of hydrogen-bond donors (Lipinski definition) is 1. The molecule has 38 heavy (non-hydrogen) atoms. The fourth-order valence-electron chi connectivity index (χ4n) is 8.60. The number of carbonyl (C=O) groups is 5. The maximum absolute atomic E-state index is 17.6. The zero-order chi connectivity index (χ0) is 28.3. The number of fused-ring (bicyclic) bond motifs is 5. The Morgan fingerprint density at radius 1 is 1.13 bits per heavy atom. The van der Waals surface area contributed by atoms with Crippen LogP contribution in [0, 0.1) is 34.5 Å². The molecular formula is C29H39FO8. The summed E-state index contributed by atoms with van der Waals surface area (Å²) in [6, 6.07) is 0. The SMILES string of the molecule is CCC(=O)OCC(=O)[C@]1(OC(=O)CC)[C@@H](C)C[C@H]2[C@@H]3CCC4=CC(=O)C(C=O)C[C@]4(C)[C@@]3(F)[C@@H](O)C[C@@]21C. The molecular weight excluding hydrogens is 495 g/mol. The van der Waals surface area contributed by atoms with E-state index in [-0.39, 0.29) is 31.5 Å². The van der Waals surface area contributed by atoms with Crippen molar-refractivity contribution < 1.29 is 42.9 Å². The number of ketones is 2. The number of aliphatic hydroxyl groups is 1. The van der Waals surface area contributed by atoms with E-state index in [1.165, 1.54) is 6.08 Å². The summed E-state index contributed by atoms with van der Waals surface area (Å²) in [5, 5.41) is 11.6. The van der Waals surface area contributed by atoms with Crippen molar-refractivity contribution in [2.75, 3.05) is 6.61 Å². The molecule has 0 saturated heterocycles. The highest BCUT2D eigenvalue weighted by atomic mass is 19.1. The molecule has 9 atom stereocenters. The molecule has 4 aliphatic rings. The van der Waals surface area contributed by atoms with Crippen molar-refractivity contribution in [3.63, 3.8) is 0 Å². The third-order valence-electron chi connectivity index (χ3n) is 10.5. The number of esters is 2. The lowest BCUT2D eigenvalue weighted by Gasteiger charge is -2.64. The first-order valence-corrected chi connectivity index (χ1v) is 13.7. The molecule has 0 bridgehead atoms. The molecule has 0 amide bonds. The summed E-state index contributed by atoms with van der Waals surface area (Å²) in [5.74, 6) is -4.69. The minimum atomic E-state index is -2.15. The predicted molar refractivity (Wildman–Crippen MR) is 133 cm³/mol. The second kappa shape index (κ2) is 9.65. The highest BCUT2D eigenvalue weighted by molar-refractivity contribution is 6.02. The minimum absolute atomic E-state index is 0.0175. The van der Waals surface area contributed by atoms with Crippen LogP contribution in [0.2, 0.25) is 0 Å². The molecule has 3 fully saturated rings. The lowest BCUT2D eigenvalue weighted by atomic mass is 9.43. The average Bonchev–Trinajstić information content (AvgIpc) is 3.09. The van der Waals surface area contributed by atoms with Crippen molar-refractivity contribution in [2.24, 2.45) is 34.5 Å². The molecule has 3 saturated carbocycles. The van der Waals surface area contributed by atoms with Gasteiger partial charge >= 0.3 is 11.9 Å². The van der Waals surface area contributed by atoms with Crippen molar-refractivity contribution in [3.8, 4) is 0 Å². The van der Waals surface area contributed by atoms with Gasteiger partial charge in [-0.1, -0.05) is 40.2 Å². The maximum atomic E-state index is 17.6. The van der Waals surface area contributed by atoms with Crippen molar-refractivity contribution >= 4 is 29.8 Å². The molecule has 0 heterocycles. The molecule has 0 aromatic carbocycles. The summed E-state index contributed by atoms with van der Waals surface area (Å²) < 4.78 is 28.8. The number of carbonyl (C=O) groups excluding carboxylic acids is 5. The molecule has 0 aromatic rings. The molecule has 210 valence electrons. The Morgan fingerprint density at radius 3 is 2.39 bits per heavy atom. The topological polar surface area (TPSA) is 124 Å². The van der Waals surface area contributed by atoms with Crippen LogP contribution in [-0.4, -0.2) is 58.9 Å². The van der Waals surface area contributed by atoms with Crippen LogP contribution in [0.5, 0.6) is 0 Å². The Bertz CT molecular complexity index is 1080. The van der Waals surface area contributed by atoms with E-state index >= 15 is 4.39 Å². The summed E-state index contributed by atoms with van der Waals surface area (Å²) in [6.45, 7) is 7.90. The molecule has 0 radical (unpaired) electrons. The van der Waals surface area contributed by atoms with Gasteiger partial charge in [-0.2, -0.15) is 0 Å². The number of aldehydes is 1. The summed E-state index contributed by atoms with van der Waals surface area (Å²) in [6.07, 6.45) is 1.45. The van der Waals surface area contributed by atoms with E-state index in [1.807, 2.05) is 0 Å². The first kappa shape index (κ1) is 28.6. The average molecular weight is 535 g/mol. The van der Waals surface area contributed by atoms with Gasteiger partial charge in [0, 0.05) is 35.5 Å². The van der Waals surface area contributed by atoms with Gasteiger partial charge in [-0.15, -0.1) is 0 Å². The van der Waals surface area contributed by atoms with E-state index in [9.17, 15) is 29.1 Å². The fourth-order valence-corrected chi connectivity index (χ4v) is 8.60. The molecule has 0 aliphatic heterocycles. The fraction of sp³-hybridized carbons (Fsp3) is 0.759. The van der Waals surface area contributed by atoms with Gasteiger partial charge in [-0.3, -0.25) is 19.2 Å². The van der Waals surface area contributed by atoms with Crippen LogP contribution >= 0.6 is 0 Å². The summed E-state index contributed by atoms with van der Waals surface area (Å²) >= 11 is 0. The molecule has 1 N–H and O–H groups in total.